The maximum Gasteiger partial charge on any atom is 0.247 e. The first-order chi connectivity index (χ1) is 17.8. The number of carbonyl (C=O) groups excluding carboxylic acids is 2. The SMILES string of the molecule is CCc1cc(COc2ccc(CC3(C(=O)N4CCC(O)C4)CC3C(=O)NO)cc2F)c2ccccc2n1. The number of aromatic nitrogens is 1. The number of halogens is 1. The van der Waals surface area contributed by atoms with E-state index in [-0.39, 0.29) is 37.6 Å². The molecule has 3 aromatic rings. The molecule has 8 nitrogen and oxygen atoms in total. The predicted octanol–water partition coefficient (Wildman–Crippen LogP) is 3.16. The molecule has 194 valence electrons. The number of hydroxylamine groups is 1. The van der Waals surface area contributed by atoms with Crippen molar-refractivity contribution >= 4 is 22.7 Å². The van der Waals surface area contributed by atoms with E-state index in [9.17, 15) is 14.7 Å². The maximum absolute atomic E-state index is 15.1. The molecule has 37 heavy (non-hydrogen) atoms. The summed E-state index contributed by atoms with van der Waals surface area (Å²) in [7, 11) is 0. The number of β-amino-alcohol motifs (C(OH)–C–C–N with tert-alkyl or cyclic N) is 1. The Morgan fingerprint density at radius 3 is 2.76 bits per heavy atom. The second-order valence-corrected chi connectivity index (χ2v) is 9.96. The average molecular weight is 508 g/mol. The Balaban J connectivity index is 1.33. The highest BCUT2D eigenvalue weighted by Crippen LogP contribution is 2.56. The van der Waals surface area contributed by atoms with Crippen LogP contribution in [0, 0.1) is 17.2 Å². The molecule has 2 aliphatic rings. The Hall–Kier alpha value is -3.56. The van der Waals surface area contributed by atoms with E-state index < -0.39 is 29.2 Å². The van der Waals surface area contributed by atoms with Crippen molar-refractivity contribution in [1.82, 2.24) is 15.4 Å². The number of ether oxygens (including phenoxy) is 1. The molecule has 1 saturated heterocycles. The first-order valence-electron chi connectivity index (χ1n) is 12.5. The predicted molar refractivity (Wildman–Crippen MR) is 133 cm³/mol. The molecule has 0 radical (unpaired) electrons. The Bertz CT molecular complexity index is 1350. The van der Waals surface area contributed by atoms with Crippen LogP contribution >= 0.6 is 0 Å². The van der Waals surface area contributed by atoms with Gasteiger partial charge in [-0.1, -0.05) is 31.2 Å². The van der Waals surface area contributed by atoms with Crippen molar-refractivity contribution in [2.45, 2.75) is 45.3 Å². The first kappa shape index (κ1) is 25.1. The highest BCUT2D eigenvalue weighted by Gasteiger charge is 2.64. The number of rotatable bonds is 8. The largest absolute Gasteiger partial charge is 0.486 e. The molecule has 2 fully saturated rings. The van der Waals surface area contributed by atoms with E-state index in [1.807, 2.05) is 37.3 Å². The number of para-hydroxylation sites is 1. The molecule has 2 aromatic carbocycles. The van der Waals surface area contributed by atoms with Gasteiger partial charge in [-0.2, -0.15) is 0 Å². The van der Waals surface area contributed by atoms with Gasteiger partial charge < -0.3 is 14.7 Å². The van der Waals surface area contributed by atoms with Crippen molar-refractivity contribution in [3.8, 4) is 5.75 Å². The number of hydrogen-bond acceptors (Lipinski definition) is 6. The number of aliphatic hydroxyl groups is 1. The summed E-state index contributed by atoms with van der Waals surface area (Å²) < 4.78 is 20.9. The van der Waals surface area contributed by atoms with E-state index in [1.54, 1.807) is 16.4 Å². The summed E-state index contributed by atoms with van der Waals surface area (Å²) >= 11 is 0. The Kier molecular flexibility index (Phi) is 6.83. The van der Waals surface area contributed by atoms with Gasteiger partial charge in [-0.05, 0) is 55.5 Å². The summed E-state index contributed by atoms with van der Waals surface area (Å²) in [6.07, 6.45) is 1.05. The molecule has 2 amide bonds. The van der Waals surface area contributed by atoms with E-state index in [4.69, 9.17) is 9.94 Å². The van der Waals surface area contributed by atoms with Crippen LogP contribution in [-0.4, -0.2) is 51.2 Å². The van der Waals surface area contributed by atoms with Crippen molar-refractivity contribution in [2.75, 3.05) is 13.1 Å². The Morgan fingerprint density at radius 2 is 2.05 bits per heavy atom. The zero-order valence-electron chi connectivity index (χ0n) is 20.6. The number of nitrogens with zero attached hydrogens (tertiary/aromatic N) is 2. The lowest BCUT2D eigenvalue weighted by Crippen LogP contribution is -2.40. The van der Waals surface area contributed by atoms with E-state index >= 15 is 4.39 Å². The standard InChI is InChI=1S/C28H30FN3O5/c1-2-19-12-18(21-5-3-4-6-24(21)30-19)16-37-25-8-7-17(11-23(25)29)13-28(14-22(28)26(34)31-36)27(35)32-10-9-20(33)15-32/h3-8,11-12,20,22,33,36H,2,9-10,13-16H2,1H3,(H,31,34). The number of pyridine rings is 1. The number of amides is 2. The molecule has 0 spiro atoms. The molecule has 1 saturated carbocycles. The van der Waals surface area contributed by atoms with Gasteiger partial charge in [0.05, 0.1) is 23.0 Å². The molecular weight excluding hydrogens is 477 g/mol. The van der Waals surface area contributed by atoms with Crippen molar-refractivity contribution in [3.05, 3.63) is 71.2 Å². The lowest BCUT2D eigenvalue weighted by molar-refractivity contribution is -0.140. The lowest BCUT2D eigenvalue weighted by Gasteiger charge is -2.24. The van der Waals surface area contributed by atoms with Gasteiger partial charge in [-0.3, -0.25) is 19.8 Å². The van der Waals surface area contributed by atoms with Crippen molar-refractivity contribution in [2.24, 2.45) is 11.3 Å². The van der Waals surface area contributed by atoms with Crippen LogP contribution in [0.2, 0.25) is 0 Å². The fraction of sp³-hybridized carbons (Fsp3) is 0.393. The van der Waals surface area contributed by atoms with Crippen LogP contribution in [0.1, 0.15) is 36.6 Å². The summed E-state index contributed by atoms with van der Waals surface area (Å²) in [6, 6.07) is 14.3. The van der Waals surface area contributed by atoms with Gasteiger partial charge in [-0.25, -0.2) is 9.87 Å². The number of hydrogen-bond donors (Lipinski definition) is 3. The van der Waals surface area contributed by atoms with Crippen LogP contribution in [0.4, 0.5) is 4.39 Å². The normalized spacial score (nSPS) is 22.8. The van der Waals surface area contributed by atoms with Crippen LogP contribution in [0.3, 0.4) is 0 Å². The molecule has 1 aliphatic carbocycles. The summed E-state index contributed by atoms with van der Waals surface area (Å²) in [4.78, 5) is 31.7. The third-order valence-corrected chi connectivity index (χ3v) is 7.49. The van der Waals surface area contributed by atoms with Gasteiger partial charge in [0.1, 0.15) is 6.61 Å². The highest BCUT2D eigenvalue weighted by molar-refractivity contribution is 5.96. The number of nitrogens with one attached hydrogen (secondary N) is 1. The first-order valence-corrected chi connectivity index (χ1v) is 12.5. The molecule has 3 atom stereocenters. The molecular formula is C28H30FN3O5. The minimum absolute atomic E-state index is 0.0891. The number of benzene rings is 2. The number of aryl methyl sites for hydroxylation is 1. The molecule has 1 aliphatic heterocycles. The van der Waals surface area contributed by atoms with Crippen molar-refractivity contribution < 1.29 is 29.0 Å². The lowest BCUT2D eigenvalue weighted by atomic mass is 9.91. The minimum atomic E-state index is -1.07. The van der Waals surface area contributed by atoms with E-state index in [1.165, 1.54) is 12.1 Å². The Morgan fingerprint density at radius 1 is 1.24 bits per heavy atom. The van der Waals surface area contributed by atoms with Gasteiger partial charge in [0.15, 0.2) is 11.6 Å². The third-order valence-electron chi connectivity index (χ3n) is 7.49. The topological polar surface area (TPSA) is 112 Å². The molecule has 1 aromatic heterocycles. The van der Waals surface area contributed by atoms with E-state index in [2.05, 4.69) is 4.98 Å². The summed E-state index contributed by atoms with van der Waals surface area (Å²) in [5, 5.41) is 19.9. The fourth-order valence-corrected chi connectivity index (χ4v) is 5.38. The van der Waals surface area contributed by atoms with Crippen LogP contribution in [-0.2, 0) is 29.0 Å². The van der Waals surface area contributed by atoms with E-state index in [0.29, 0.717) is 18.5 Å². The molecule has 0 bridgehead atoms. The summed E-state index contributed by atoms with van der Waals surface area (Å²) in [5.41, 5.74) is 3.83. The Labute approximate surface area is 214 Å². The van der Waals surface area contributed by atoms with Gasteiger partial charge in [0.25, 0.3) is 0 Å². The molecule has 3 N–H and O–H groups in total. The van der Waals surface area contributed by atoms with Gasteiger partial charge in [-0.15, -0.1) is 0 Å². The second kappa shape index (κ2) is 10.1. The van der Waals surface area contributed by atoms with Crippen LogP contribution in [0.15, 0.2) is 48.5 Å². The summed E-state index contributed by atoms with van der Waals surface area (Å²) in [5.74, 6) is -2.07. The quantitative estimate of drug-likeness (QED) is 0.319. The smallest absolute Gasteiger partial charge is 0.247 e. The van der Waals surface area contributed by atoms with E-state index in [0.717, 1.165) is 28.6 Å². The fourth-order valence-electron chi connectivity index (χ4n) is 5.38. The highest BCUT2D eigenvalue weighted by atomic mass is 19.1. The van der Waals surface area contributed by atoms with Crippen LogP contribution in [0.25, 0.3) is 10.9 Å². The zero-order valence-corrected chi connectivity index (χ0v) is 20.6. The number of fused-ring (bicyclic) bond motifs is 1. The number of aliphatic hydroxyl groups excluding tert-OH is 1. The monoisotopic (exact) mass is 507 g/mol. The molecule has 2 heterocycles. The van der Waals surface area contributed by atoms with Gasteiger partial charge >= 0.3 is 0 Å². The maximum atomic E-state index is 15.1. The molecule has 3 unspecified atom stereocenters. The second-order valence-electron chi connectivity index (χ2n) is 9.96. The molecule has 5 rings (SSSR count). The van der Waals surface area contributed by atoms with Crippen molar-refractivity contribution in [1.29, 1.82) is 0 Å². The zero-order chi connectivity index (χ0) is 26.2. The van der Waals surface area contributed by atoms with Gasteiger partial charge in [0, 0.05) is 29.7 Å². The average Bonchev–Trinajstić information content (AvgIpc) is 3.47. The number of carbonyl (C=O) groups is 2. The third kappa shape index (κ3) is 4.89. The molecule has 9 heteroatoms. The van der Waals surface area contributed by atoms with Crippen molar-refractivity contribution in [3.63, 3.8) is 0 Å². The van der Waals surface area contributed by atoms with Crippen LogP contribution < -0.4 is 10.2 Å². The van der Waals surface area contributed by atoms with Crippen LogP contribution in [0.5, 0.6) is 5.75 Å². The number of likely N-dealkylation sites (tertiary alicyclic amines) is 1. The van der Waals surface area contributed by atoms with Gasteiger partial charge in [0.2, 0.25) is 11.8 Å². The summed E-state index contributed by atoms with van der Waals surface area (Å²) in [6.45, 7) is 2.81. The minimum Gasteiger partial charge on any atom is -0.486 e.